The monoisotopic (exact) mass is 902 g/mol. The van der Waals surface area contributed by atoms with E-state index in [-0.39, 0.29) is 35.6 Å². The van der Waals surface area contributed by atoms with Crippen LogP contribution in [0.1, 0.15) is 66.7 Å². The Kier molecular flexibility index (Phi) is 12.4. The van der Waals surface area contributed by atoms with E-state index in [2.05, 4.69) is 29.9 Å². The van der Waals surface area contributed by atoms with Crippen molar-refractivity contribution in [3.63, 3.8) is 0 Å². The van der Waals surface area contributed by atoms with Gasteiger partial charge in [0.15, 0.2) is 22.9 Å². The Hall–Kier alpha value is -3.47. The summed E-state index contributed by atoms with van der Waals surface area (Å²) in [5, 5.41) is 0. The standard InChI is InChI=1S/C33H45FN10O11P2S2/c1-32(2,3)30(45)49-15-58-56(47)51-9-17-7-18(43-13-41-23-26(35)37-11-39-28(23)43)22(34)25(17)55-57(48,59-16-50-31(46)33(4,5)6)52-10-20-19(54-56)8-21(53-20)44-14-42-24-27(36)38-12-40-29(24)44/h11-14,17-22,25H,7-10,15-16H2,1-6H3,(H2,35,37,39)(H2,36,38,40)/t17-,18-,19?,20-,21-,22?,25?,56?,57?/m1/s1. The molecule has 2 aliphatic heterocycles. The molecule has 0 bridgehead atoms. The van der Waals surface area contributed by atoms with E-state index >= 15 is 4.39 Å². The maximum absolute atomic E-state index is 17.0. The minimum absolute atomic E-state index is 0.00944. The molecule has 21 nitrogen and oxygen atoms in total. The van der Waals surface area contributed by atoms with Gasteiger partial charge in [0.2, 0.25) is 0 Å². The third-order valence-corrected chi connectivity index (χ3v) is 16.4. The number of fused-ring (bicyclic) bond motifs is 4. The lowest BCUT2D eigenvalue weighted by Crippen LogP contribution is -2.33. The first-order valence-corrected chi connectivity index (χ1v) is 24.7. The van der Waals surface area contributed by atoms with E-state index in [1.165, 1.54) is 29.9 Å². The number of nitrogen functional groups attached to an aromatic ring is 2. The van der Waals surface area contributed by atoms with Crippen molar-refractivity contribution in [3.05, 3.63) is 25.3 Å². The van der Waals surface area contributed by atoms with E-state index < -0.39 is 104 Å². The first kappa shape index (κ1) is 43.6. The van der Waals surface area contributed by atoms with E-state index in [9.17, 15) is 18.7 Å². The summed E-state index contributed by atoms with van der Waals surface area (Å²) in [5.74, 6) is -2.71. The topological polar surface area (TPSA) is 272 Å². The minimum Gasteiger partial charge on any atom is -0.454 e. The summed E-state index contributed by atoms with van der Waals surface area (Å²) >= 11 is 1.18. The number of imidazole rings is 2. The lowest BCUT2D eigenvalue weighted by molar-refractivity contribution is -0.151. The van der Waals surface area contributed by atoms with Crippen molar-refractivity contribution >= 4 is 82.3 Å². The number of esters is 2. The molecule has 59 heavy (non-hydrogen) atoms. The number of nitrogens with zero attached hydrogens (tertiary/aromatic N) is 8. The van der Waals surface area contributed by atoms with Crippen LogP contribution < -0.4 is 11.5 Å². The summed E-state index contributed by atoms with van der Waals surface area (Å²) in [5.41, 5.74) is 11.4. The Labute approximate surface area is 345 Å². The van der Waals surface area contributed by atoms with Gasteiger partial charge in [-0.05, 0) is 48.0 Å². The van der Waals surface area contributed by atoms with Crippen LogP contribution in [-0.2, 0) is 51.0 Å². The van der Waals surface area contributed by atoms with E-state index in [0.29, 0.717) is 33.9 Å². The van der Waals surface area contributed by atoms with Crippen LogP contribution in [0.15, 0.2) is 25.3 Å². The molecule has 3 fully saturated rings. The maximum Gasteiger partial charge on any atom is 0.392 e. The Balaban J connectivity index is 1.22. The number of carbonyl (C=O) groups is 2. The fourth-order valence-corrected chi connectivity index (χ4v) is 12.2. The third-order valence-electron chi connectivity index (χ3n) is 9.70. The molecule has 5 unspecified atom stereocenters. The molecule has 26 heteroatoms. The Bertz CT molecular complexity index is 2310. The summed E-state index contributed by atoms with van der Waals surface area (Å²) in [6.45, 7) is 0.303. The first-order valence-electron chi connectivity index (χ1n) is 18.4. The van der Waals surface area contributed by atoms with Crippen LogP contribution in [0.3, 0.4) is 0 Å². The number of hydrogen-bond acceptors (Lipinski definition) is 21. The highest BCUT2D eigenvalue weighted by Gasteiger charge is 2.52. The van der Waals surface area contributed by atoms with Gasteiger partial charge in [-0.3, -0.25) is 27.7 Å². The molecule has 9 atom stereocenters. The van der Waals surface area contributed by atoms with Crippen LogP contribution in [0.5, 0.6) is 0 Å². The zero-order valence-corrected chi connectivity index (χ0v) is 36.3. The predicted molar refractivity (Wildman–Crippen MR) is 213 cm³/mol. The van der Waals surface area contributed by atoms with Crippen molar-refractivity contribution < 1.29 is 55.4 Å². The average molecular weight is 903 g/mol. The smallest absolute Gasteiger partial charge is 0.392 e. The molecule has 322 valence electrons. The molecule has 7 rings (SSSR count). The second kappa shape index (κ2) is 16.8. The van der Waals surface area contributed by atoms with E-state index in [0.717, 1.165) is 0 Å². The SMILES string of the molecule is CC(C)(C)C(=O)OCSP1(=O)OC[C@H]2O[C@@H](n3cnc4c(N)ncnc43)CC2OP(=O)(SCOC(=O)C(C)(C)C)OC[C@H]2C[C@@H](n3cnc4c(N)ncnc43)C(F)C2O1. The second-order valence-electron chi connectivity index (χ2n) is 16.1. The summed E-state index contributed by atoms with van der Waals surface area (Å²) in [4.78, 5) is 50.4. The fraction of sp³-hybridized carbons (Fsp3) is 0.636. The van der Waals surface area contributed by atoms with Gasteiger partial charge in [-0.1, -0.05) is 0 Å². The van der Waals surface area contributed by atoms with Gasteiger partial charge in [-0.25, -0.2) is 43.4 Å². The van der Waals surface area contributed by atoms with Crippen LogP contribution in [0.4, 0.5) is 16.0 Å². The van der Waals surface area contributed by atoms with E-state index in [1.54, 1.807) is 46.1 Å². The highest BCUT2D eigenvalue weighted by atomic mass is 32.7. The average Bonchev–Trinajstić information content (AvgIpc) is 3.95. The molecular weight excluding hydrogens is 858 g/mol. The van der Waals surface area contributed by atoms with Crippen LogP contribution in [-0.4, -0.2) is 101 Å². The molecule has 4 N–H and O–H groups in total. The zero-order chi connectivity index (χ0) is 42.5. The van der Waals surface area contributed by atoms with Gasteiger partial charge >= 0.3 is 25.5 Å². The summed E-state index contributed by atoms with van der Waals surface area (Å²) in [6.07, 6.45) is -1.09. The van der Waals surface area contributed by atoms with Gasteiger partial charge in [0.1, 0.15) is 66.3 Å². The number of anilines is 2. The highest BCUT2D eigenvalue weighted by Crippen LogP contribution is 2.67. The fourth-order valence-electron chi connectivity index (χ4n) is 6.54. The van der Waals surface area contributed by atoms with Crippen molar-refractivity contribution in [2.45, 2.75) is 91.1 Å². The van der Waals surface area contributed by atoms with Crippen molar-refractivity contribution in [2.24, 2.45) is 16.7 Å². The third kappa shape index (κ3) is 9.40. The highest BCUT2D eigenvalue weighted by molar-refractivity contribution is 8.55. The molecule has 1 aliphatic carbocycles. The van der Waals surface area contributed by atoms with Crippen molar-refractivity contribution in [3.8, 4) is 0 Å². The van der Waals surface area contributed by atoms with Gasteiger partial charge in [0.25, 0.3) is 0 Å². The molecule has 4 aromatic heterocycles. The molecular formula is C33H45FN10O11P2S2. The van der Waals surface area contributed by atoms with Crippen molar-refractivity contribution in [1.29, 1.82) is 0 Å². The molecule has 1 saturated carbocycles. The number of halogens is 1. The van der Waals surface area contributed by atoms with Gasteiger partial charge < -0.3 is 34.8 Å². The molecule has 3 aliphatic rings. The molecule has 0 aromatic carbocycles. The molecule has 6 heterocycles. The minimum atomic E-state index is -4.44. The Morgan fingerprint density at radius 2 is 1.31 bits per heavy atom. The number of aromatic nitrogens is 8. The van der Waals surface area contributed by atoms with Crippen LogP contribution in [0.2, 0.25) is 0 Å². The maximum atomic E-state index is 17.0. The van der Waals surface area contributed by atoms with Crippen LogP contribution in [0, 0.1) is 16.7 Å². The van der Waals surface area contributed by atoms with Gasteiger partial charge in [0.05, 0.1) is 42.7 Å². The quantitative estimate of drug-likeness (QED) is 0.123. The predicted octanol–water partition coefficient (Wildman–Crippen LogP) is 5.61. The number of hydrogen-bond donors (Lipinski definition) is 2. The lowest BCUT2D eigenvalue weighted by Gasteiger charge is -2.31. The Morgan fingerprint density at radius 3 is 1.88 bits per heavy atom. The summed E-state index contributed by atoms with van der Waals surface area (Å²) in [6, 6.07) is -1.01. The number of ether oxygens (including phenoxy) is 3. The van der Waals surface area contributed by atoms with Gasteiger partial charge in [0, 0.05) is 35.1 Å². The molecule has 0 amide bonds. The lowest BCUT2D eigenvalue weighted by atomic mass is 9.98. The second-order valence-corrected chi connectivity index (χ2v) is 24.0. The van der Waals surface area contributed by atoms with Gasteiger partial charge in [-0.2, -0.15) is 0 Å². The zero-order valence-electron chi connectivity index (χ0n) is 32.9. The largest absolute Gasteiger partial charge is 0.454 e. The molecule has 0 radical (unpaired) electrons. The molecule has 4 aromatic rings. The van der Waals surface area contributed by atoms with Gasteiger partial charge in [-0.15, -0.1) is 0 Å². The number of carbonyl (C=O) groups excluding carboxylic acids is 2. The van der Waals surface area contributed by atoms with Crippen LogP contribution in [0.25, 0.3) is 22.3 Å². The summed E-state index contributed by atoms with van der Waals surface area (Å²) in [7, 11) is 0. The Morgan fingerprint density at radius 1 is 0.780 bits per heavy atom. The normalized spacial score (nSPS) is 30.7. The molecule has 2 saturated heterocycles. The molecule has 0 spiro atoms. The van der Waals surface area contributed by atoms with Crippen molar-refractivity contribution in [2.75, 3.05) is 36.6 Å². The first-order chi connectivity index (χ1) is 27.8. The number of rotatable bonds is 8. The number of alkyl halides is 1. The van der Waals surface area contributed by atoms with Crippen LogP contribution >= 0.6 is 36.4 Å². The summed E-state index contributed by atoms with van der Waals surface area (Å²) < 4.78 is 91.4. The van der Waals surface area contributed by atoms with E-state index in [4.69, 9.17) is 43.8 Å². The number of nitrogens with two attached hydrogens (primary N) is 2. The van der Waals surface area contributed by atoms with E-state index in [1.807, 2.05) is 0 Å². The van der Waals surface area contributed by atoms with Crippen molar-refractivity contribution in [1.82, 2.24) is 39.0 Å².